The van der Waals surface area contributed by atoms with Crippen LogP contribution in [0.3, 0.4) is 0 Å². The molecular weight excluding hydrogens is 212 g/mol. The lowest BCUT2D eigenvalue weighted by molar-refractivity contribution is 0.262. The van der Waals surface area contributed by atoms with Gasteiger partial charge in [0, 0.05) is 0 Å². The third kappa shape index (κ3) is 4.46. The van der Waals surface area contributed by atoms with Crippen molar-refractivity contribution >= 4 is 0 Å². The summed E-state index contributed by atoms with van der Waals surface area (Å²) in [4.78, 5) is 0. The van der Waals surface area contributed by atoms with Crippen molar-refractivity contribution in [1.29, 1.82) is 5.26 Å². The SMILES string of the molecule is CC(C)(C#N)CCOc1ccccc1CCN. The molecule has 0 unspecified atom stereocenters. The van der Waals surface area contributed by atoms with Crippen LogP contribution in [0.15, 0.2) is 24.3 Å². The van der Waals surface area contributed by atoms with E-state index in [-0.39, 0.29) is 5.41 Å². The minimum absolute atomic E-state index is 0.331. The second kappa shape index (κ2) is 6.27. The number of para-hydroxylation sites is 1. The molecule has 3 nitrogen and oxygen atoms in total. The summed E-state index contributed by atoms with van der Waals surface area (Å²) in [6.07, 6.45) is 1.54. The molecule has 2 N–H and O–H groups in total. The van der Waals surface area contributed by atoms with Crippen molar-refractivity contribution < 1.29 is 4.74 Å². The number of nitriles is 1. The molecule has 0 spiro atoms. The van der Waals surface area contributed by atoms with Crippen LogP contribution in [-0.4, -0.2) is 13.2 Å². The molecule has 0 aliphatic carbocycles. The Morgan fingerprint density at radius 3 is 2.71 bits per heavy atom. The molecule has 0 saturated heterocycles. The van der Waals surface area contributed by atoms with E-state index in [1.54, 1.807) is 0 Å². The third-order valence-corrected chi connectivity index (χ3v) is 2.67. The number of nitrogens with zero attached hydrogens (tertiary/aromatic N) is 1. The predicted octanol–water partition coefficient (Wildman–Crippen LogP) is 2.51. The highest BCUT2D eigenvalue weighted by atomic mass is 16.5. The van der Waals surface area contributed by atoms with E-state index in [1.165, 1.54) is 0 Å². The summed E-state index contributed by atoms with van der Waals surface area (Å²) in [5.41, 5.74) is 6.35. The van der Waals surface area contributed by atoms with Gasteiger partial charge in [0.15, 0.2) is 0 Å². The summed E-state index contributed by atoms with van der Waals surface area (Å²) in [5, 5.41) is 8.91. The van der Waals surface area contributed by atoms with Crippen molar-refractivity contribution in [3.8, 4) is 11.8 Å². The topological polar surface area (TPSA) is 59.0 Å². The molecular formula is C14H20N2O. The van der Waals surface area contributed by atoms with Crippen molar-refractivity contribution in [3.63, 3.8) is 0 Å². The van der Waals surface area contributed by atoms with E-state index in [4.69, 9.17) is 15.7 Å². The molecule has 0 bridgehead atoms. The summed E-state index contributed by atoms with van der Waals surface area (Å²) in [6.45, 7) is 5.01. The molecule has 0 aliphatic rings. The van der Waals surface area contributed by atoms with Gasteiger partial charge < -0.3 is 10.5 Å². The van der Waals surface area contributed by atoms with Crippen molar-refractivity contribution in [2.45, 2.75) is 26.7 Å². The molecule has 0 aliphatic heterocycles. The van der Waals surface area contributed by atoms with Crippen molar-refractivity contribution in [3.05, 3.63) is 29.8 Å². The average Bonchev–Trinajstić information content (AvgIpc) is 2.31. The molecule has 0 heterocycles. The van der Waals surface area contributed by atoms with Gasteiger partial charge in [0.2, 0.25) is 0 Å². The maximum atomic E-state index is 8.91. The zero-order valence-corrected chi connectivity index (χ0v) is 10.6. The molecule has 1 aromatic carbocycles. The number of nitrogens with two attached hydrogens (primary N) is 1. The monoisotopic (exact) mass is 232 g/mol. The normalized spacial score (nSPS) is 10.9. The summed E-state index contributed by atoms with van der Waals surface area (Å²) in [6, 6.07) is 10.2. The maximum absolute atomic E-state index is 8.91. The number of hydrogen-bond donors (Lipinski definition) is 1. The number of benzene rings is 1. The Morgan fingerprint density at radius 2 is 2.06 bits per heavy atom. The zero-order valence-electron chi connectivity index (χ0n) is 10.6. The van der Waals surface area contributed by atoms with Gasteiger partial charge in [-0.05, 0) is 44.9 Å². The first-order chi connectivity index (χ1) is 8.09. The van der Waals surface area contributed by atoms with Crippen LogP contribution in [0.4, 0.5) is 0 Å². The average molecular weight is 232 g/mol. The van der Waals surface area contributed by atoms with Crippen molar-refractivity contribution in [2.24, 2.45) is 11.1 Å². The van der Waals surface area contributed by atoms with E-state index in [1.807, 2.05) is 38.1 Å². The lowest BCUT2D eigenvalue weighted by atomic mass is 9.92. The van der Waals surface area contributed by atoms with E-state index in [9.17, 15) is 0 Å². The molecule has 17 heavy (non-hydrogen) atoms. The van der Waals surface area contributed by atoms with Crippen LogP contribution in [0.2, 0.25) is 0 Å². The fraction of sp³-hybridized carbons (Fsp3) is 0.500. The van der Waals surface area contributed by atoms with Gasteiger partial charge >= 0.3 is 0 Å². The van der Waals surface area contributed by atoms with Gasteiger partial charge in [-0.3, -0.25) is 0 Å². The quantitative estimate of drug-likeness (QED) is 0.819. The molecule has 3 heteroatoms. The molecule has 0 fully saturated rings. The van der Waals surface area contributed by atoms with E-state index >= 15 is 0 Å². The Balaban J connectivity index is 2.55. The first kappa shape index (κ1) is 13.5. The van der Waals surface area contributed by atoms with Crippen LogP contribution in [0.25, 0.3) is 0 Å². The molecule has 1 rings (SSSR count). The number of hydrogen-bond acceptors (Lipinski definition) is 3. The first-order valence-corrected chi connectivity index (χ1v) is 5.91. The molecule has 0 radical (unpaired) electrons. The third-order valence-electron chi connectivity index (χ3n) is 2.67. The zero-order chi connectivity index (χ0) is 12.7. The van der Waals surface area contributed by atoms with E-state index in [2.05, 4.69) is 6.07 Å². The Hall–Kier alpha value is -1.53. The Labute approximate surface area is 103 Å². The van der Waals surface area contributed by atoms with Gasteiger partial charge in [0.25, 0.3) is 0 Å². The minimum Gasteiger partial charge on any atom is -0.493 e. The van der Waals surface area contributed by atoms with Gasteiger partial charge in [-0.1, -0.05) is 18.2 Å². The summed E-state index contributed by atoms with van der Waals surface area (Å²) >= 11 is 0. The molecule has 92 valence electrons. The number of rotatable bonds is 6. The smallest absolute Gasteiger partial charge is 0.122 e. The lowest BCUT2D eigenvalue weighted by Gasteiger charge is -2.16. The first-order valence-electron chi connectivity index (χ1n) is 5.91. The van der Waals surface area contributed by atoms with E-state index in [0.29, 0.717) is 13.2 Å². The maximum Gasteiger partial charge on any atom is 0.122 e. The van der Waals surface area contributed by atoms with Crippen LogP contribution in [0.5, 0.6) is 5.75 Å². The van der Waals surface area contributed by atoms with Crippen LogP contribution < -0.4 is 10.5 Å². The van der Waals surface area contributed by atoms with Crippen LogP contribution in [-0.2, 0) is 6.42 Å². The second-order valence-corrected chi connectivity index (χ2v) is 4.74. The highest BCUT2D eigenvalue weighted by molar-refractivity contribution is 5.33. The van der Waals surface area contributed by atoms with E-state index in [0.717, 1.165) is 24.2 Å². The summed E-state index contributed by atoms with van der Waals surface area (Å²) in [5.74, 6) is 0.881. The van der Waals surface area contributed by atoms with Crippen molar-refractivity contribution in [1.82, 2.24) is 0 Å². The van der Waals surface area contributed by atoms with Crippen LogP contribution in [0.1, 0.15) is 25.8 Å². The summed E-state index contributed by atoms with van der Waals surface area (Å²) in [7, 11) is 0. The standard InChI is InChI=1S/C14H20N2O/c1-14(2,11-16)8-10-17-13-6-4-3-5-12(13)7-9-15/h3-6H,7-10,15H2,1-2H3. The minimum atomic E-state index is -0.331. The Morgan fingerprint density at radius 1 is 1.35 bits per heavy atom. The lowest BCUT2D eigenvalue weighted by Crippen LogP contribution is -2.14. The Bertz CT molecular complexity index is 393. The largest absolute Gasteiger partial charge is 0.493 e. The molecule has 0 saturated carbocycles. The fourth-order valence-corrected chi connectivity index (χ4v) is 1.48. The van der Waals surface area contributed by atoms with E-state index < -0.39 is 0 Å². The second-order valence-electron chi connectivity index (χ2n) is 4.74. The molecule has 1 aromatic rings. The van der Waals surface area contributed by atoms with Crippen LogP contribution in [0, 0.1) is 16.7 Å². The molecule has 0 atom stereocenters. The summed E-state index contributed by atoms with van der Waals surface area (Å²) < 4.78 is 5.72. The number of ether oxygens (including phenoxy) is 1. The van der Waals surface area contributed by atoms with Gasteiger partial charge in [0.1, 0.15) is 5.75 Å². The van der Waals surface area contributed by atoms with Gasteiger partial charge in [-0.2, -0.15) is 5.26 Å². The van der Waals surface area contributed by atoms with Gasteiger partial charge in [-0.25, -0.2) is 0 Å². The van der Waals surface area contributed by atoms with Gasteiger partial charge in [-0.15, -0.1) is 0 Å². The fourth-order valence-electron chi connectivity index (χ4n) is 1.48. The predicted molar refractivity (Wildman–Crippen MR) is 68.7 cm³/mol. The van der Waals surface area contributed by atoms with Gasteiger partial charge in [0.05, 0.1) is 18.1 Å². The highest BCUT2D eigenvalue weighted by Gasteiger charge is 2.16. The Kier molecular flexibility index (Phi) is 4.99. The highest BCUT2D eigenvalue weighted by Crippen LogP contribution is 2.22. The van der Waals surface area contributed by atoms with Crippen molar-refractivity contribution in [2.75, 3.05) is 13.2 Å². The van der Waals surface area contributed by atoms with Crippen LogP contribution >= 0.6 is 0 Å². The molecule has 0 amide bonds. The molecule has 0 aromatic heterocycles.